The number of amides is 1. The van der Waals surface area contributed by atoms with E-state index in [-0.39, 0.29) is 11.3 Å². The van der Waals surface area contributed by atoms with Gasteiger partial charge in [-0.15, -0.1) is 11.8 Å². The molecular weight excluding hydrogens is 240 g/mol. The van der Waals surface area contributed by atoms with E-state index in [0.29, 0.717) is 5.75 Å². The molecule has 0 radical (unpaired) electrons. The molecule has 3 nitrogen and oxygen atoms in total. The van der Waals surface area contributed by atoms with Gasteiger partial charge >= 0.3 is 0 Å². The SMILES string of the molecule is CCNCCN1C(=O)CS[C@H]1c1ccsc1. The monoisotopic (exact) mass is 256 g/mol. The fourth-order valence-electron chi connectivity index (χ4n) is 1.76. The number of nitrogens with zero attached hydrogens (tertiary/aromatic N) is 1. The largest absolute Gasteiger partial charge is 0.325 e. The number of likely N-dealkylation sites (N-methyl/N-ethyl adjacent to an activating group) is 1. The molecule has 2 rings (SSSR count). The van der Waals surface area contributed by atoms with Crippen molar-refractivity contribution in [3.05, 3.63) is 22.4 Å². The van der Waals surface area contributed by atoms with E-state index in [0.717, 1.165) is 19.6 Å². The zero-order valence-electron chi connectivity index (χ0n) is 9.31. The summed E-state index contributed by atoms with van der Waals surface area (Å²) < 4.78 is 0. The normalized spacial score (nSPS) is 20.7. The summed E-state index contributed by atoms with van der Waals surface area (Å²) >= 11 is 3.42. The fraction of sp³-hybridized carbons (Fsp3) is 0.545. The summed E-state index contributed by atoms with van der Waals surface area (Å²) in [4.78, 5) is 13.7. The molecule has 1 aromatic rings. The zero-order chi connectivity index (χ0) is 11.4. The Balaban J connectivity index is 1.99. The molecule has 1 aliphatic rings. The molecule has 0 bridgehead atoms. The van der Waals surface area contributed by atoms with Gasteiger partial charge in [0.05, 0.1) is 5.75 Å². The van der Waals surface area contributed by atoms with E-state index >= 15 is 0 Å². The lowest BCUT2D eigenvalue weighted by Crippen LogP contribution is -2.34. The highest BCUT2D eigenvalue weighted by Gasteiger charge is 2.32. The topological polar surface area (TPSA) is 32.3 Å². The van der Waals surface area contributed by atoms with E-state index in [1.165, 1.54) is 5.56 Å². The van der Waals surface area contributed by atoms with Crippen molar-refractivity contribution in [1.29, 1.82) is 0 Å². The first-order chi connectivity index (χ1) is 7.83. The van der Waals surface area contributed by atoms with Gasteiger partial charge in [0.25, 0.3) is 0 Å². The first-order valence-corrected chi connectivity index (χ1v) is 7.46. The Labute approximate surface area is 104 Å². The second-order valence-corrected chi connectivity index (χ2v) is 5.51. The quantitative estimate of drug-likeness (QED) is 0.817. The molecule has 1 amide bonds. The van der Waals surface area contributed by atoms with Crippen LogP contribution in [0.1, 0.15) is 17.9 Å². The predicted octanol–water partition coefficient (Wildman–Crippen LogP) is 1.93. The average molecular weight is 256 g/mol. The van der Waals surface area contributed by atoms with E-state index in [4.69, 9.17) is 0 Å². The van der Waals surface area contributed by atoms with Gasteiger partial charge in [-0.1, -0.05) is 6.92 Å². The van der Waals surface area contributed by atoms with Crippen LogP contribution in [0, 0.1) is 0 Å². The van der Waals surface area contributed by atoms with E-state index in [2.05, 4.69) is 29.1 Å². The van der Waals surface area contributed by atoms with E-state index in [1.807, 2.05) is 4.90 Å². The van der Waals surface area contributed by atoms with Gasteiger partial charge in [-0.3, -0.25) is 4.79 Å². The Kier molecular flexibility index (Phi) is 4.26. The van der Waals surface area contributed by atoms with Crippen LogP contribution in [-0.2, 0) is 4.79 Å². The highest BCUT2D eigenvalue weighted by Crippen LogP contribution is 2.38. The van der Waals surface area contributed by atoms with Crippen LogP contribution >= 0.6 is 23.1 Å². The molecule has 1 atom stereocenters. The second kappa shape index (κ2) is 5.70. The zero-order valence-corrected chi connectivity index (χ0v) is 10.9. The van der Waals surface area contributed by atoms with Gasteiger partial charge in [-0.25, -0.2) is 0 Å². The van der Waals surface area contributed by atoms with Crippen molar-refractivity contribution in [3.63, 3.8) is 0 Å². The Morgan fingerprint density at radius 3 is 3.19 bits per heavy atom. The highest BCUT2D eigenvalue weighted by atomic mass is 32.2. The molecule has 1 fully saturated rings. The second-order valence-electron chi connectivity index (χ2n) is 3.66. The predicted molar refractivity (Wildman–Crippen MR) is 69.8 cm³/mol. The minimum absolute atomic E-state index is 0.234. The van der Waals surface area contributed by atoms with Gasteiger partial charge in [0.2, 0.25) is 5.91 Å². The first-order valence-electron chi connectivity index (χ1n) is 5.47. The Morgan fingerprint density at radius 1 is 1.62 bits per heavy atom. The molecule has 0 aliphatic carbocycles. The molecule has 16 heavy (non-hydrogen) atoms. The van der Waals surface area contributed by atoms with Gasteiger partial charge < -0.3 is 10.2 Å². The van der Waals surface area contributed by atoms with Crippen molar-refractivity contribution < 1.29 is 4.79 Å². The molecule has 1 N–H and O–H groups in total. The fourth-order valence-corrected chi connectivity index (χ4v) is 3.74. The maximum absolute atomic E-state index is 11.8. The first kappa shape index (κ1) is 12.0. The van der Waals surface area contributed by atoms with Crippen molar-refractivity contribution >= 4 is 29.0 Å². The van der Waals surface area contributed by atoms with Crippen LogP contribution in [0.25, 0.3) is 0 Å². The Bertz CT molecular complexity index is 340. The molecule has 1 aromatic heterocycles. The van der Waals surface area contributed by atoms with E-state index in [1.54, 1.807) is 23.1 Å². The molecule has 5 heteroatoms. The number of rotatable bonds is 5. The number of thioether (sulfide) groups is 1. The van der Waals surface area contributed by atoms with Crippen LogP contribution in [0.2, 0.25) is 0 Å². The summed E-state index contributed by atoms with van der Waals surface area (Å²) in [6.45, 7) is 4.72. The summed E-state index contributed by atoms with van der Waals surface area (Å²) in [5.74, 6) is 0.881. The van der Waals surface area contributed by atoms with Gasteiger partial charge in [-0.05, 0) is 28.9 Å². The Hall–Kier alpha value is -0.520. The number of nitrogens with one attached hydrogen (secondary N) is 1. The number of hydrogen-bond donors (Lipinski definition) is 1. The summed E-state index contributed by atoms with van der Waals surface area (Å²) in [5.41, 5.74) is 1.26. The third kappa shape index (κ3) is 2.59. The standard InChI is InChI=1S/C11H16N2OS2/c1-2-12-4-5-13-10(14)8-16-11(13)9-3-6-15-7-9/h3,6-7,11-12H,2,4-5,8H2,1H3/t11-/m0/s1. The van der Waals surface area contributed by atoms with Crippen LogP contribution in [0.4, 0.5) is 0 Å². The summed E-state index contributed by atoms with van der Waals surface area (Å²) in [5, 5.41) is 7.70. The number of hydrogen-bond acceptors (Lipinski definition) is 4. The molecule has 0 saturated carbocycles. The van der Waals surface area contributed by atoms with Crippen molar-refractivity contribution in [2.24, 2.45) is 0 Å². The Morgan fingerprint density at radius 2 is 2.50 bits per heavy atom. The summed E-state index contributed by atoms with van der Waals surface area (Å²) in [6.07, 6.45) is 0. The maximum atomic E-state index is 11.8. The summed E-state index contributed by atoms with van der Waals surface area (Å²) in [6, 6.07) is 2.11. The van der Waals surface area contributed by atoms with Gasteiger partial charge in [0.15, 0.2) is 0 Å². The van der Waals surface area contributed by atoms with Crippen LogP contribution < -0.4 is 5.32 Å². The van der Waals surface area contributed by atoms with Crippen LogP contribution in [0.3, 0.4) is 0 Å². The molecule has 0 unspecified atom stereocenters. The van der Waals surface area contributed by atoms with E-state index < -0.39 is 0 Å². The average Bonchev–Trinajstić information content (AvgIpc) is 2.89. The smallest absolute Gasteiger partial charge is 0.233 e. The van der Waals surface area contributed by atoms with E-state index in [9.17, 15) is 4.79 Å². The van der Waals surface area contributed by atoms with Crippen LogP contribution in [0.5, 0.6) is 0 Å². The minimum atomic E-state index is 0.234. The third-order valence-electron chi connectivity index (χ3n) is 2.58. The molecule has 0 aromatic carbocycles. The van der Waals surface area contributed by atoms with Gasteiger partial charge in [0, 0.05) is 13.1 Å². The molecule has 2 heterocycles. The lowest BCUT2D eigenvalue weighted by molar-refractivity contribution is -0.128. The molecule has 0 spiro atoms. The number of thiophene rings is 1. The molecule has 88 valence electrons. The lowest BCUT2D eigenvalue weighted by atomic mass is 10.3. The van der Waals surface area contributed by atoms with Gasteiger partial charge in [-0.2, -0.15) is 11.3 Å². The highest BCUT2D eigenvalue weighted by molar-refractivity contribution is 8.00. The third-order valence-corrected chi connectivity index (χ3v) is 4.53. The lowest BCUT2D eigenvalue weighted by Gasteiger charge is -2.23. The van der Waals surface area contributed by atoms with Crippen molar-refractivity contribution in [3.8, 4) is 0 Å². The van der Waals surface area contributed by atoms with Crippen molar-refractivity contribution in [2.45, 2.75) is 12.3 Å². The van der Waals surface area contributed by atoms with Crippen molar-refractivity contribution in [2.75, 3.05) is 25.4 Å². The van der Waals surface area contributed by atoms with Crippen LogP contribution in [0.15, 0.2) is 16.8 Å². The van der Waals surface area contributed by atoms with Crippen LogP contribution in [-0.4, -0.2) is 36.2 Å². The molecular formula is C11H16N2OS2. The minimum Gasteiger partial charge on any atom is -0.325 e. The van der Waals surface area contributed by atoms with Gasteiger partial charge in [0.1, 0.15) is 5.37 Å². The maximum Gasteiger partial charge on any atom is 0.233 e. The number of carbonyl (C=O) groups excluding carboxylic acids is 1. The van der Waals surface area contributed by atoms with Crippen molar-refractivity contribution in [1.82, 2.24) is 10.2 Å². The molecule has 1 aliphatic heterocycles. The number of carbonyl (C=O) groups is 1. The molecule has 1 saturated heterocycles. The summed E-state index contributed by atoms with van der Waals surface area (Å²) in [7, 11) is 0.